The minimum absolute atomic E-state index is 0.0301. The highest BCUT2D eigenvalue weighted by Gasteiger charge is 1.96. The molecule has 10 heavy (non-hydrogen) atoms. The SMILES string of the molecule is O=c1cc[nH]c2sncc12. The predicted octanol–water partition coefficient (Wildman–Crippen LogP) is 0.985. The lowest BCUT2D eigenvalue weighted by Gasteiger charge is -1.82. The first kappa shape index (κ1) is 5.61. The molecule has 3 nitrogen and oxygen atoms in total. The van der Waals surface area contributed by atoms with Crippen molar-refractivity contribution in [3.05, 3.63) is 28.7 Å². The van der Waals surface area contributed by atoms with Gasteiger partial charge in [0.15, 0.2) is 5.43 Å². The third-order valence-electron chi connectivity index (χ3n) is 1.29. The molecule has 1 N–H and O–H groups in total. The van der Waals surface area contributed by atoms with E-state index in [2.05, 4.69) is 9.36 Å². The van der Waals surface area contributed by atoms with Gasteiger partial charge in [0.05, 0.1) is 11.6 Å². The van der Waals surface area contributed by atoms with E-state index in [1.54, 1.807) is 12.4 Å². The van der Waals surface area contributed by atoms with Crippen molar-refractivity contribution in [1.29, 1.82) is 0 Å². The Morgan fingerprint density at radius 3 is 3.30 bits per heavy atom. The minimum atomic E-state index is 0.0301. The number of pyridine rings is 1. The van der Waals surface area contributed by atoms with Gasteiger partial charge in [0.25, 0.3) is 0 Å². The lowest BCUT2D eigenvalue weighted by atomic mass is 10.4. The van der Waals surface area contributed by atoms with E-state index in [-0.39, 0.29) is 5.43 Å². The molecule has 0 fully saturated rings. The molecular weight excluding hydrogens is 148 g/mol. The second-order valence-corrected chi connectivity index (χ2v) is 2.71. The van der Waals surface area contributed by atoms with Gasteiger partial charge in [-0.3, -0.25) is 4.79 Å². The molecule has 0 saturated carbocycles. The molecule has 2 heterocycles. The molecule has 2 rings (SSSR count). The van der Waals surface area contributed by atoms with Crippen LogP contribution in [0.3, 0.4) is 0 Å². The molecule has 0 bridgehead atoms. The Balaban J connectivity index is 3.09. The molecular formula is C6H4N2OS. The highest BCUT2D eigenvalue weighted by atomic mass is 32.1. The van der Waals surface area contributed by atoms with Gasteiger partial charge in [-0.2, -0.15) is 4.37 Å². The Hall–Kier alpha value is -1.16. The van der Waals surface area contributed by atoms with Crippen molar-refractivity contribution in [2.24, 2.45) is 0 Å². The summed E-state index contributed by atoms with van der Waals surface area (Å²) in [5.74, 6) is 0. The molecule has 0 aromatic carbocycles. The number of nitrogens with one attached hydrogen (secondary N) is 1. The third-order valence-corrected chi connectivity index (χ3v) is 2.02. The van der Waals surface area contributed by atoms with Gasteiger partial charge in [-0.05, 0) is 11.5 Å². The fourth-order valence-electron chi connectivity index (χ4n) is 0.802. The van der Waals surface area contributed by atoms with Crippen LogP contribution in [0.1, 0.15) is 0 Å². The Morgan fingerprint density at radius 2 is 2.50 bits per heavy atom. The normalized spacial score (nSPS) is 10.4. The van der Waals surface area contributed by atoms with E-state index < -0.39 is 0 Å². The summed E-state index contributed by atoms with van der Waals surface area (Å²) < 4.78 is 3.87. The smallest absolute Gasteiger partial charge is 0.191 e. The summed E-state index contributed by atoms with van der Waals surface area (Å²) in [4.78, 5) is 14.8. The minimum Gasteiger partial charge on any atom is -0.352 e. The average molecular weight is 152 g/mol. The second-order valence-electron chi connectivity index (χ2n) is 1.91. The second kappa shape index (κ2) is 1.91. The van der Waals surface area contributed by atoms with Gasteiger partial charge in [-0.25, -0.2) is 0 Å². The van der Waals surface area contributed by atoms with Crippen LogP contribution in [0.2, 0.25) is 0 Å². The summed E-state index contributed by atoms with van der Waals surface area (Å²) in [6.45, 7) is 0. The molecule has 0 aliphatic heterocycles. The molecule has 4 heteroatoms. The molecule has 2 aromatic heterocycles. The summed E-state index contributed by atoms with van der Waals surface area (Å²) in [6, 6.07) is 1.50. The van der Waals surface area contributed by atoms with E-state index in [9.17, 15) is 4.79 Å². The van der Waals surface area contributed by atoms with Crippen LogP contribution >= 0.6 is 11.5 Å². The lowest BCUT2D eigenvalue weighted by Crippen LogP contribution is -1.96. The van der Waals surface area contributed by atoms with E-state index >= 15 is 0 Å². The predicted molar refractivity (Wildman–Crippen MR) is 40.2 cm³/mol. The molecule has 0 aliphatic rings. The first-order valence-electron chi connectivity index (χ1n) is 2.80. The molecule has 0 atom stereocenters. The number of rotatable bonds is 0. The van der Waals surface area contributed by atoms with Gasteiger partial charge in [0.1, 0.15) is 4.83 Å². The van der Waals surface area contributed by atoms with Crippen LogP contribution < -0.4 is 5.43 Å². The summed E-state index contributed by atoms with van der Waals surface area (Å²) >= 11 is 1.30. The lowest BCUT2D eigenvalue weighted by molar-refractivity contribution is 1.42. The van der Waals surface area contributed by atoms with Crippen LogP contribution in [0.15, 0.2) is 23.3 Å². The number of fused-ring (bicyclic) bond motifs is 1. The number of nitrogens with zero attached hydrogens (tertiary/aromatic N) is 1. The van der Waals surface area contributed by atoms with E-state index in [1.165, 1.54) is 17.6 Å². The molecule has 2 aromatic rings. The fraction of sp³-hybridized carbons (Fsp3) is 0. The van der Waals surface area contributed by atoms with Gasteiger partial charge in [0, 0.05) is 12.3 Å². The van der Waals surface area contributed by atoms with E-state index in [0.717, 1.165) is 4.83 Å². The van der Waals surface area contributed by atoms with Crippen LogP contribution in [0.5, 0.6) is 0 Å². The van der Waals surface area contributed by atoms with E-state index in [1.807, 2.05) is 0 Å². The maximum absolute atomic E-state index is 11.0. The fourth-order valence-corrected chi connectivity index (χ4v) is 1.44. The summed E-state index contributed by atoms with van der Waals surface area (Å²) in [5.41, 5.74) is 0.0301. The van der Waals surface area contributed by atoms with Crippen LogP contribution in [-0.4, -0.2) is 9.36 Å². The van der Waals surface area contributed by atoms with Gasteiger partial charge >= 0.3 is 0 Å². The highest BCUT2D eigenvalue weighted by Crippen LogP contribution is 2.08. The molecule has 50 valence electrons. The number of aromatic amines is 1. The molecule has 0 spiro atoms. The van der Waals surface area contributed by atoms with Crippen LogP contribution in [0, 0.1) is 0 Å². The van der Waals surface area contributed by atoms with Crippen molar-refractivity contribution in [3.63, 3.8) is 0 Å². The van der Waals surface area contributed by atoms with Gasteiger partial charge in [0.2, 0.25) is 0 Å². The molecule has 0 unspecified atom stereocenters. The quantitative estimate of drug-likeness (QED) is 0.611. The number of H-pyrrole nitrogens is 1. The molecule has 0 amide bonds. The van der Waals surface area contributed by atoms with Crippen molar-refractivity contribution in [1.82, 2.24) is 9.36 Å². The Kier molecular flexibility index (Phi) is 1.07. The Morgan fingerprint density at radius 1 is 1.60 bits per heavy atom. The number of aromatic nitrogens is 2. The third kappa shape index (κ3) is 0.657. The maximum atomic E-state index is 11.0. The summed E-state index contributed by atoms with van der Waals surface area (Å²) in [6.07, 6.45) is 3.21. The van der Waals surface area contributed by atoms with Crippen molar-refractivity contribution in [2.75, 3.05) is 0 Å². The monoisotopic (exact) mass is 152 g/mol. The van der Waals surface area contributed by atoms with E-state index in [4.69, 9.17) is 0 Å². The largest absolute Gasteiger partial charge is 0.352 e. The van der Waals surface area contributed by atoms with Crippen LogP contribution in [-0.2, 0) is 0 Å². The number of hydrogen-bond donors (Lipinski definition) is 1. The zero-order chi connectivity index (χ0) is 6.97. The van der Waals surface area contributed by atoms with Gasteiger partial charge in [-0.15, -0.1) is 0 Å². The van der Waals surface area contributed by atoms with Crippen molar-refractivity contribution >= 4 is 21.7 Å². The van der Waals surface area contributed by atoms with Crippen molar-refractivity contribution in [2.45, 2.75) is 0 Å². The summed E-state index contributed by atoms with van der Waals surface area (Å²) in [7, 11) is 0. The van der Waals surface area contributed by atoms with Crippen LogP contribution in [0.25, 0.3) is 10.2 Å². The Labute approximate surface area is 60.5 Å². The molecule has 0 radical (unpaired) electrons. The first-order valence-corrected chi connectivity index (χ1v) is 3.57. The highest BCUT2D eigenvalue weighted by molar-refractivity contribution is 7.12. The van der Waals surface area contributed by atoms with Crippen LogP contribution in [0.4, 0.5) is 0 Å². The van der Waals surface area contributed by atoms with Gasteiger partial charge < -0.3 is 4.98 Å². The summed E-state index contributed by atoms with van der Waals surface area (Å²) in [5, 5.41) is 0.674. The number of hydrogen-bond acceptors (Lipinski definition) is 3. The van der Waals surface area contributed by atoms with Crippen molar-refractivity contribution in [3.8, 4) is 0 Å². The maximum Gasteiger partial charge on any atom is 0.191 e. The molecule has 0 saturated heterocycles. The standard InChI is InChI=1S/C6H4N2OS/c9-5-1-2-7-6-4(5)3-8-10-6/h1-3H,(H,7,9). The van der Waals surface area contributed by atoms with E-state index in [0.29, 0.717) is 5.39 Å². The topological polar surface area (TPSA) is 45.8 Å². The molecule has 0 aliphatic carbocycles. The average Bonchev–Trinajstić information content (AvgIpc) is 2.36. The van der Waals surface area contributed by atoms with Crippen molar-refractivity contribution < 1.29 is 0 Å². The zero-order valence-corrected chi connectivity index (χ0v) is 5.81. The zero-order valence-electron chi connectivity index (χ0n) is 5.00. The first-order chi connectivity index (χ1) is 4.88. The Bertz CT molecular complexity index is 403. The van der Waals surface area contributed by atoms with Gasteiger partial charge in [-0.1, -0.05) is 0 Å².